The van der Waals surface area contributed by atoms with Crippen LogP contribution in [0.5, 0.6) is 0 Å². The minimum Gasteiger partial charge on any atom is -0.342 e. The van der Waals surface area contributed by atoms with Gasteiger partial charge in [0.25, 0.3) is 0 Å². The Morgan fingerprint density at radius 2 is 1.48 bits per heavy atom. The SMILES string of the molecule is O=C(C1CC1)N1CCC(C(=O)N2CCC[C@H]2c2ccc(F)cc2)CC1. The predicted octanol–water partition coefficient (Wildman–Crippen LogP) is 3.14. The lowest BCUT2D eigenvalue weighted by molar-refractivity contribution is -0.142. The Bertz CT molecular complexity index is 648. The zero-order valence-electron chi connectivity index (χ0n) is 14.5. The first kappa shape index (κ1) is 16.6. The van der Waals surface area contributed by atoms with Crippen molar-refractivity contribution in [1.82, 2.24) is 9.80 Å². The van der Waals surface area contributed by atoms with Crippen molar-refractivity contribution < 1.29 is 14.0 Å². The smallest absolute Gasteiger partial charge is 0.226 e. The van der Waals surface area contributed by atoms with E-state index in [1.54, 1.807) is 12.1 Å². The molecule has 1 atom stereocenters. The fourth-order valence-corrected chi connectivity index (χ4v) is 4.23. The van der Waals surface area contributed by atoms with E-state index < -0.39 is 0 Å². The molecule has 2 amide bonds. The molecule has 0 bridgehead atoms. The molecule has 1 aromatic carbocycles. The fraction of sp³-hybridized carbons (Fsp3) is 0.600. The summed E-state index contributed by atoms with van der Waals surface area (Å²) in [7, 11) is 0. The molecular weight excluding hydrogens is 319 g/mol. The van der Waals surface area contributed by atoms with Crippen molar-refractivity contribution in [3.63, 3.8) is 0 Å². The van der Waals surface area contributed by atoms with Crippen LogP contribution in [-0.4, -0.2) is 41.2 Å². The highest BCUT2D eigenvalue weighted by Gasteiger charge is 2.38. The second-order valence-corrected chi connectivity index (χ2v) is 7.62. The maximum Gasteiger partial charge on any atom is 0.226 e. The molecule has 0 N–H and O–H groups in total. The summed E-state index contributed by atoms with van der Waals surface area (Å²) < 4.78 is 13.2. The predicted molar refractivity (Wildman–Crippen MR) is 92.1 cm³/mol. The minimum absolute atomic E-state index is 0.0179. The molecule has 0 unspecified atom stereocenters. The van der Waals surface area contributed by atoms with Crippen LogP contribution in [0.2, 0.25) is 0 Å². The van der Waals surface area contributed by atoms with Gasteiger partial charge in [0.1, 0.15) is 5.82 Å². The lowest BCUT2D eigenvalue weighted by Gasteiger charge is -2.35. The monoisotopic (exact) mass is 344 g/mol. The van der Waals surface area contributed by atoms with Gasteiger partial charge in [0.15, 0.2) is 0 Å². The van der Waals surface area contributed by atoms with Gasteiger partial charge < -0.3 is 9.80 Å². The van der Waals surface area contributed by atoms with Crippen LogP contribution in [0.25, 0.3) is 0 Å². The number of amides is 2. The van der Waals surface area contributed by atoms with Gasteiger partial charge in [-0.05, 0) is 56.2 Å². The lowest BCUT2D eigenvalue weighted by atomic mass is 9.94. The third-order valence-corrected chi connectivity index (χ3v) is 5.87. The lowest BCUT2D eigenvalue weighted by Crippen LogP contribution is -2.44. The molecule has 25 heavy (non-hydrogen) atoms. The van der Waals surface area contributed by atoms with Crippen molar-refractivity contribution in [3.05, 3.63) is 35.6 Å². The Morgan fingerprint density at radius 3 is 2.12 bits per heavy atom. The van der Waals surface area contributed by atoms with E-state index in [9.17, 15) is 14.0 Å². The summed E-state index contributed by atoms with van der Waals surface area (Å²) in [5.41, 5.74) is 1.02. The zero-order valence-corrected chi connectivity index (χ0v) is 14.5. The second-order valence-electron chi connectivity index (χ2n) is 7.62. The highest BCUT2D eigenvalue weighted by atomic mass is 19.1. The van der Waals surface area contributed by atoms with Crippen LogP contribution in [0.15, 0.2) is 24.3 Å². The molecule has 5 heteroatoms. The van der Waals surface area contributed by atoms with E-state index in [4.69, 9.17) is 0 Å². The summed E-state index contributed by atoms with van der Waals surface area (Å²) in [5.74, 6) is 0.534. The van der Waals surface area contributed by atoms with Gasteiger partial charge in [-0.25, -0.2) is 4.39 Å². The number of benzene rings is 1. The first-order valence-electron chi connectivity index (χ1n) is 9.48. The number of likely N-dealkylation sites (tertiary alicyclic amines) is 2. The summed E-state index contributed by atoms with van der Waals surface area (Å²) in [6.45, 7) is 2.20. The van der Waals surface area contributed by atoms with Crippen LogP contribution < -0.4 is 0 Å². The van der Waals surface area contributed by atoms with E-state index >= 15 is 0 Å². The third kappa shape index (κ3) is 3.42. The molecule has 0 radical (unpaired) electrons. The van der Waals surface area contributed by atoms with Gasteiger partial charge in [0.05, 0.1) is 6.04 Å². The van der Waals surface area contributed by atoms with Crippen molar-refractivity contribution in [1.29, 1.82) is 0 Å². The van der Waals surface area contributed by atoms with Gasteiger partial charge >= 0.3 is 0 Å². The molecule has 2 saturated heterocycles. The largest absolute Gasteiger partial charge is 0.342 e. The number of carbonyl (C=O) groups is 2. The van der Waals surface area contributed by atoms with E-state index in [0.717, 1.165) is 50.6 Å². The van der Waals surface area contributed by atoms with Crippen molar-refractivity contribution in [3.8, 4) is 0 Å². The van der Waals surface area contributed by atoms with Gasteiger partial charge in [-0.1, -0.05) is 12.1 Å². The van der Waals surface area contributed by atoms with Crippen LogP contribution in [-0.2, 0) is 9.59 Å². The Hall–Kier alpha value is -1.91. The highest BCUT2D eigenvalue weighted by molar-refractivity contribution is 5.82. The maximum atomic E-state index is 13.2. The summed E-state index contributed by atoms with van der Waals surface area (Å²) in [6.07, 6.45) is 5.53. The van der Waals surface area contributed by atoms with Crippen molar-refractivity contribution in [2.75, 3.05) is 19.6 Å². The fourth-order valence-electron chi connectivity index (χ4n) is 4.23. The van der Waals surface area contributed by atoms with E-state index in [1.807, 2.05) is 9.80 Å². The number of rotatable bonds is 3. The normalized spacial score (nSPS) is 24.6. The summed E-state index contributed by atoms with van der Waals surface area (Å²) >= 11 is 0. The van der Waals surface area contributed by atoms with E-state index in [0.29, 0.717) is 13.1 Å². The number of carbonyl (C=O) groups excluding carboxylic acids is 2. The Kier molecular flexibility index (Phi) is 4.48. The van der Waals surface area contributed by atoms with Crippen LogP contribution in [0.1, 0.15) is 50.1 Å². The molecule has 0 aromatic heterocycles. The molecular formula is C20H25FN2O2. The Morgan fingerprint density at radius 1 is 0.840 bits per heavy atom. The molecule has 1 aliphatic carbocycles. The highest BCUT2D eigenvalue weighted by Crippen LogP contribution is 2.36. The quantitative estimate of drug-likeness (QED) is 0.845. The van der Waals surface area contributed by atoms with Crippen LogP contribution >= 0.6 is 0 Å². The molecule has 1 aromatic rings. The molecule has 0 spiro atoms. The molecule has 3 fully saturated rings. The topological polar surface area (TPSA) is 40.6 Å². The second kappa shape index (κ2) is 6.77. The van der Waals surface area contributed by atoms with Crippen molar-refractivity contribution in [2.24, 2.45) is 11.8 Å². The first-order valence-corrected chi connectivity index (χ1v) is 9.48. The standard InChI is InChI=1S/C20H25FN2O2/c21-17-7-5-14(6-8-17)18-2-1-11-23(18)20(25)16-9-12-22(13-10-16)19(24)15-3-4-15/h5-8,15-16,18H,1-4,9-13H2/t18-/m0/s1. The van der Waals surface area contributed by atoms with Crippen molar-refractivity contribution in [2.45, 2.75) is 44.6 Å². The number of piperidine rings is 1. The van der Waals surface area contributed by atoms with Crippen LogP contribution in [0.3, 0.4) is 0 Å². The zero-order chi connectivity index (χ0) is 17.4. The Labute approximate surface area is 148 Å². The van der Waals surface area contributed by atoms with Crippen LogP contribution in [0.4, 0.5) is 4.39 Å². The van der Waals surface area contributed by atoms with Crippen LogP contribution in [0, 0.1) is 17.7 Å². The number of nitrogens with zero attached hydrogens (tertiary/aromatic N) is 2. The average Bonchev–Trinajstić information content (AvgIpc) is 3.38. The average molecular weight is 344 g/mol. The van der Waals surface area contributed by atoms with Crippen molar-refractivity contribution >= 4 is 11.8 Å². The molecule has 134 valence electrons. The van der Waals surface area contributed by atoms with E-state index in [-0.39, 0.29) is 35.5 Å². The number of halogens is 1. The van der Waals surface area contributed by atoms with Gasteiger partial charge in [-0.3, -0.25) is 9.59 Å². The molecule has 4 rings (SSSR count). The summed E-state index contributed by atoms with van der Waals surface area (Å²) in [4.78, 5) is 29.1. The minimum atomic E-state index is -0.243. The third-order valence-electron chi connectivity index (χ3n) is 5.87. The summed E-state index contributed by atoms with van der Waals surface area (Å²) in [6, 6.07) is 6.60. The maximum absolute atomic E-state index is 13.2. The molecule has 4 nitrogen and oxygen atoms in total. The van der Waals surface area contributed by atoms with Gasteiger partial charge in [0.2, 0.25) is 11.8 Å². The number of hydrogen-bond acceptors (Lipinski definition) is 2. The molecule has 1 saturated carbocycles. The molecule has 2 heterocycles. The molecule has 3 aliphatic rings. The van der Waals surface area contributed by atoms with E-state index in [2.05, 4.69) is 0 Å². The van der Waals surface area contributed by atoms with Gasteiger partial charge in [0, 0.05) is 31.5 Å². The summed E-state index contributed by atoms with van der Waals surface area (Å²) in [5, 5.41) is 0. The number of hydrogen-bond donors (Lipinski definition) is 0. The van der Waals surface area contributed by atoms with Gasteiger partial charge in [-0.2, -0.15) is 0 Å². The van der Waals surface area contributed by atoms with Gasteiger partial charge in [-0.15, -0.1) is 0 Å². The molecule has 2 aliphatic heterocycles. The van der Waals surface area contributed by atoms with E-state index in [1.165, 1.54) is 12.1 Å². The Balaban J connectivity index is 1.38. The first-order chi connectivity index (χ1) is 12.1.